The second kappa shape index (κ2) is 10.7. The van der Waals surface area contributed by atoms with Gasteiger partial charge in [-0.2, -0.15) is 5.10 Å². The van der Waals surface area contributed by atoms with Crippen molar-refractivity contribution in [3.05, 3.63) is 120 Å². The third-order valence-corrected chi connectivity index (χ3v) is 5.91. The quantitative estimate of drug-likeness (QED) is 0.129. The minimum atomic E-state index is -0.777. The highest BCUT2D eigenvalue weighted by molar-refractivity contribution is 6.04. The fourth-order valence-electron chi connectivity index (χ4n) is 3.98. The second-order valence-electron chi connectivity index (χ2n) is 8.46. The zero-order valence-electron chi connectivity index (χ0n) is 20.1. The number of nitrogens with one attached hydrogen (secondary N) is 1. The van der Waals surface area contributed by atoms with Crippen molar-refractivity contribution in [2.45, 2.75) is 13.0 Å². The molecule has 5 rings (SSSR count). The lowest BCUT2D eigenvalue weighted by Crippen LogP contribution is -2.33. The molecule has 0 aliphatic rings. The van der Waals surface area contributed by atoms with E-state index in [0.717, 1.165) is 21.5 Å². The Morgan fingerprint density at radius 2 is 1.46 bits per heavy atom. The maximum Gasteiger partial charge on any atom is 0.343 e. The molecule has 0 saturated carbocycles. The lowest BCUT2D eigenvalue weighted by molar-refractivity contribution is -0.127. The summed E-state index contributed by atoms with van der Waals surface area (Å²) in [6.07, 6.45) is 0.706. The van der Waals surface area contributed by atoms with E-state index in [4.69, 9.17) is 9.47 Å². The van der Waals surface area contributed by atoms with E-state index in [1.54, 1.807) is 37.3 Å². The van der Waals surface area contributed by atoms with Crippen LogP contribution in [-0.2, 0) is 4.79 Å². The molecule has 5 aromatic carbocycles. The molecule has 5 aromatic rings. The van der Waals surface area contributed by atoms with Crippen LogP contribution in [0.2, 0.25) is 0 Å². The summed E-state index contributed by atoms with van der Waals surface area (Å²) in [5.41, 5.74) is 3.54. The van der Waals surface area contributed by atoms with Crippen molar-refractivity contribution in [3.8, 4) is 11.5 Å². The van der Waals surface area contributed by atoms with Gasteiger partial charge in [0.25, 0.3) is 5.91 Å². The number of hydrazone groups is 1. The fourth-order valence-corrected chi connectivity index (χ4v) is 3.98. The maximum absolute atomic E-state index is 12.7. The largest absolute Gasteiger partial charge is 0.481 e. The molecule has 0 aliphatic heterocycles. The number of rotatable bonds is 7. The third-order valence-electron chi connectivity index (χ3n) is 5.91. The molecule has 1 amide bonds. The standard InChI is InChI=1S/C31H24N2O4/c1-21(36-26-17-15-22-9-5-6-13-25(22)19-26)30(34)33-32-20-28-27-14-8-7-10-23(27)16-18-29(28)37-31(35)24-11-3-2-4-12-24/h2-21H,1H3,(H,33,34). The first-order valence-corrected chi connectivity index (χ1v) is 11.9. The van der Waals surface area contributed by atoms with Gasteiger partial charge in [0.15, 0.2) is 6.10 Å². The summed E-state index contributed by atoms with van der Waals surface area (Å²) in [5, 5.41) is 8.05. The van der Waals surface area contributed by atoms with Crippen molar-refractivity contribution in [2.24, 2.45) is 5.10 Å². The Morgan fingerprint density at radius 1 is 0.784 bits per heavy atom. The lowest BCUT2D eigenvalue weighted by atomic mass is 10.0. The summed E-state index contributed by atoms with van der Waals surface area (Å²) in [5.74, 6) is 0.0416. The Balaban J connectivity index is 1.32. The van der Waals surface area contributed by atoms with Crippen LogP contribution < -0.4 is 14.9 Å². The van der Waals surface area contributed by atoms with E-state index in [0.29, 0.717) is 22.6 Å². The van der Waals surface area contributed by atoms with Crippen molar-refractivity contribution in [3.63, 3.8) is 0 Å². The zero-order chi connectivity index (χ0) is 25.6. The highest BCUT2D eigenvalue weighted by Crippen LogP contribution is 2.27. The molecule has 0 fully saturated rings. The van der Waals surface area contributed by atoms with Crippen molar-refractivity contribution in [1.82, 2.24) is 5.43 Å². The van der Waals surface area contributed by atoms with Crippen molar-refractivity contribution in [2.75, 3.05) is 0 Å². The van der Waals surface area contributed by atoms with Crippen LogP contribution in [0.3, 0.4) is 0 Å². The van der Waals surface area contributed by atoms with E-state index < -0.39 is 18.0 Å². The number of esters is 1. The van der Waals surface area contributed by atoms with E-state index in [-0.39, 0.29) is 0 Å². The molecule has 0 aromatic heterocycles. The number of hydrogen-bond donors (Lipinski definition) is 1. The lowest BCUT2D eigenvalue weighted by Gasteiger charge is -2.14. The molecule has 0 aliphatic carbocycles. The number of hydrogen-bond acceptors (Lipinski definition) is 5. The summed E-state index contributed by atoms with van der Waals surface area (Å²) in [7, 11) is 0. The van der Waals surface area contributed by atoms with Gasteiger partial charge in [-0.15, -0.1) is 0 Å². The van der Waals surface area contributed by atoms with E-state index in [2.05, 4.69) is 10.5 Å². The number of carbonyl (C=O) groups excluding carboxylic acids is 2. The number of benzene rings is 5. The summed E-state index contributed by atoms with van der Waals surface area (Å²) in [6.45, 7) is 1.66. The first-order chi connectivity index (χ1) is 18.1. The van der Waals surface area contributed by atoms with Gasteiger partial charge in [-0.25, -0.2) is 10.2 Å². The topological polar surface area (TPSA) is 77.0 Å². The first kappa shape index (κ1) is 23.8. The van der Waals surface area contributed by atoms with E-state index in [1.807, 2.05) is 78.9 Å². The van der Waals surface area contributed by atoms with Crippen LogP contribution in [0.15, 0.2) is 114 Å². The molecular formula is C31H24N2O4. The van der Waals surface area contributed by atoms with Crippen LogP contribution in [0.25, 0.3) is 21.5 Å². The number of ether oxygens (including phenoxy) is 2. The number of fused-ring (bicyclic) bond motifs is 2. The van der Waals surface area contributed by atoms with E-state index in [1.165, 1.54) is 6.21 Å². The number of nitrogens with zero attached hydrogens (tertiary/aromatic N) is 1. The summed E-state index contributed by atoms with van der Waals surface area (Å²) < 4.78 is 11.5. The SMILES string of the molecule is CC(Oc1ccc2ccccc2c1)C(=O)NN=Cc1c(OC(=O)c2ccccc2)ccc2ccccc12. The molecule has 0 heterocycles. The molecule has 0 radical (unpaired) electrons. The minimum absolute atomic E-state index is 0.339. The molecule has 6 nitrogen and oxygen atoms in total. The van der Waals surface area contributed by atoms with Gasteiger partial charge in [-0.05, 0) is 58.8 Å². The fraction of sp³-hybridized carbons (Fsp3) is 0.0645. The Kier molecular flexibility index (Phi) is 6.90. The van der Waals surface area contributed by atoms with Crippen molar-refractivity contribution in [1.29, 1.82) is 0 Å². The normalized spacial score (nSPS) is 11.9. The Hall–Kier alpha value is -4.97. The van der Waals surface area contributed by atoms with Gasteiger partial charge in [0.2, 0.25) is 0 Å². The predicted molar refractivity (Wildman–Crippen MR) is 145 cm³/mol. The molecule has 1 N–H and O–H groups in total. The van der Waals surface area contributed by atoms with Crippen LogP contribution in [-0.4, -0.2) is 24.2 Å². The zero-order valence-corrected chi connectivity index (χ0v) is 20.1. The summed E-state index contributed by atoms with van der Waals surface area (Å²) >= 11 is 0. The number of amides is 1. The van der Waals surface area contributed by atoms with Gasteiger partial charge in [-0.3, -0.25) is 4.79 Å². The maximum atomic E-state index is 12.7. The molecule has 0 spiro atoms. The molecule has 6 heteroatoms. The van der Waals surface area contributed by atoms with Gasteiger partial charge in [0.1, 0.15) is 11.5 Å². The monoisotopic (exact) mass is 488 g/mol. The van der Waals surface area contributed by atoms with Crippen LogP contribution in [0.4, 0.5) is 0 Å². The Bertz CT molecular complexity index is 1610. The Morgan fingerprint density at radius 3 is 2.27 bits per heavy atom. The van der Waals surface area contributed by atoms with Gasteiger partial charge in [0, 0.05) is 5.56 Å². The van der Waals surface area contributed by atoms with Crippen LogP contribution in [0.5, 0.6) is 11.5 Å². The minimum Gasteiger partial charge on any atom is -0.481 e. The van der Waals surface area contributed by atoms with Gasteiger partial charge in [0.05, 0.1) is 11.8 Å². The van der Waals surface area contributed by atoms with Crippen LogP contribution in [0, 0.1) is 0 Å². The second-order valence-corrected chi connectivity index (χ2v) is 8.46. The predicted octanol–water partition coefficient (Wildman–Crippen LogP) is 6.13. The van der Waals surface area contributed by atoms with Crippen LogP contribution in [0.1, 0.15) is 22.8 Å². The summed E-state index contributed by atoms with van der Waals surface area (Å²) in [6, 6.07) is 33.6. The average molecular weight is 489 g/mol. The Labute approximate surface area is 214 Å². The third kappa shape index (κ3) is 5.49. The molecular weight excluding hydrogens is 464 g/mol. The molecule has 0 bridgehead atoms. The molecule has 1 unspecified atom stereocenters. The highest BCUT2D eigenvalue weighted by Gasteiger charge is 2.16. The van der Waals surface area contributed by atoms with Crippen LogP contribution >= 0.6 is 0 Å². The smallest absolute Gasteiger partial charge is 0.343 e. The first-order valence-electron chi connectivity index (χ1n) is 11.9. The number of carbonyl (C=O) groups is 2. The highest BCUT2D eigenvalue weighted by atomic mass is 16.5. The summed E-state index contributed by atoms with van der Waals surface area (Å²) in [4.78, 5) is 25.4. The molecule has 0 saturated heterocycles. The van der Waals surface area contributed by atoms with Crippen molar-refractivity contribution < 1.29 is 19.1 Å². The van der Waals surface area contributed by atoms with E-state index in [9.17, 15) is 9.59 Å². The van der Waals surface area contributed by atoms with Gasteiger partial charge < -0.3 is 9.47 Å². The van der Waals surface area contributed by atoms with Crippen molar-refractivity contribution >= 4 is 39.6 Å². The molecule has 1 atom stereocenters. The van der Waals surface area contributed by atoms with E-state index >= 15 is 0 Å². The van der Waals surface area contributed by atoms with Gasteiger partial charge >= 0.3 is 5.97 Å². The average Bonchev–Trinajstić information content (AvgIpc) is 2.94. The van der Waals surface area contributed by atoms with Gasteiger partial charge in [-0.1, -0.05) is 78.9 Å². The molecule has 182 valence electrons. The molecule has 37 heavy (non-hydrogen) atoms.